The van der Waals surface area contributed by atoms with E-state index in [1.165, 1.54) is 0 Å². The van der Waals surface area contributed by atoms with E-state index in [1.807, 2.05) is 20.8 Å². The third-order valence-electron chi connectivity index (χ3n) is 4.19. The molecule has 0 spiro atoms. The van der Waals surface area contributed by atoms with Gasteiger partial charge >= 0.3 is 0 Å². The number of carbonyl (C=O) groups is 2. The summed E-state index contributed by atoms with van der Waals surface area (Å²) in [5.74, 6) is 0.379. The first-order valence-electron chi connectivity index (χ1n) is 7.87. The average Bonchev–Trinajstić information content (AvgIpc) is 2.41. The first kappa shape index (κ1) is 18.0. The first-order valence-corrected chi connectivity index (χ1v) is 7.87. The molecule has 2 atom stereocenters. The molecule has 1 rings (SSSR count). The van der Waals surface area contributed by atoms with E-state index >= 15 is 0 Å². The molecule has 1 heterocycles. The van der Waals surface area contributed by atoms with Gasteiger partial charge in [0.2, 0.25) is 11.8 Å². The largest absolute Gasteiger partial charge is 0.379 e. The minimum absolute atomic E-state index is 0.0228. The summed E-state index contributed by atoms with van der Waals surface area (Å²) < 4.78 is 5.42. The standard InChI is InChI=1S/C16H30N2O3/c1-7-12-15(20)18(9-8-16(4,5)21-6)13(10-11(2)3)14(19)17-12/h11-13H,7-10H2,1-6H3,(H,17,19). The summed E-state index contributed by atoms with van der Waals surface area (Å²) in [7, 11) is 1.67. The molecule has 0 saturated carbocycles. The van der Waals surface area contributed by atoms with Crippen LogP contribution in [0.4, 0.5) is 0 Å². The van der Waals surface area contributed by atoms with Gasteiger partial charge in [0.1, 0.15) is 12.1 Å². The van der Waals surface area contributed by atoms with Gasteiger partial charge in [-0.25, -0.2) is 0 Å². The van der Waals surface area contributed by atoms with E-state index in [9.17, 15) is 9.59 Å². The molecule has 122 valence electrons. The summed E-state index contributed by atoms with van der Waals surface area (Å²) in [6.45, 7) is 10.6. The van der Waals surface area contributed by atoms with Gasteiger partial charge in [-0.2, -0.15) is 0 Å². The van der Waals surface area contributed by atoms with Crippen LogP contribution in [0, 0.1) is 5.92 Å². The lowest BCUT2D eigenvalue weighted by Gasteiger charge is -2.40. The fourth-order valence-electron chi connectivity index (χ4n) is 2.54. The van der Waals surface area contributed by atoms with Gasteiger partial charge in [-0.3, -0.25) is 9.59 Å². The zero-order valence-electron chi connectivity index (χ0n) is 14.2. The molecule has 1 saturated heterocycles. The zero-order valence-corrected chi connectivity index (χ0v) is 14.2. The van der Waals surface area contributed by atoms with Crippen LogP contribution in [0.1, 0.15) is 53.9 Å². The van der Waals surface area contributed by atoms with Gasteiger partial charge in [0.25, 0.3) is 0 Å². The highest BCUT2D eigenvalue weighted by atomic mass is 16.5. The van der Waals surface area contributed by atoms with Crippen LogP contribution < -0.4 is 5.32 Å². The summed E-state index contributed by atoms with van der Waals surface area (Å²) in [4.78, 5) is 26.6. The van der Waals surface area contributed by atoms with Crippen molar-refractivity contribution in [2.24, 2.45) is 5.92 Å². The van der Waals surface area contributed by atoms with Gasteiger partial charge in [0.05, 0.1) is 5.60 Å². The Morgan fingerprint density at radius 1 is 1.33 bits per heavy atom. The molecule has 5 nitrogen and oxygen atoms in total. The predicted octanol–water partition coefficient (Wildman–Crippen LogP) is 1.95. The first-order chi connectivity index (χ1) is 9.71. The van der Waals surface area contributed by atoms with Crippen LogP contribution in [-0.2, 0) is 14.3 Å². The number of methoxy groups -OCH3 is 1. The molecule has 0 aliphatic carbocycles. The van der Waals surface area contributed by atoms with Crippen LogP contribution in [0.2, 0.25) is 0 Å². The second-order valence-corrected chi connectivity index (χ2v) is 6.86. The second-order valence-electron chi connectivity index (χ2n) is 6.86. The third kappa shape index (κ3) is 4.70. The highest BCUT2D eigenvalue weighted by Gasteiger charge is 2.40. The maximum absolute atomic E-state index is 12.6. The van der Waals surface area contributed by atoms with Gasteiger partial charge in [-0.15, -0.1) is 0 Å². The molecule has 1 aliphatic heterocycles. The molecule has 2 unspecified atom stereocenters. The number of carbonyl (C=O) groups excluding carboxylic acids is 2. The van der Waals surface area contributed by atoms with Crippen molar-refractivity contribution < 1.29 is 14.3 Å². The Balaban J connectivity index is 2.88. The molecular formula is C16H30N2O3. The summed E-state index contributed by atoms with van der Waals surface area (Å²) in [6.07, 6.45) is 2.04. The Bertz CT molecular complexity index is 380. The maximum atomic E-state index is 12.6. The quantitative estimate of drug-likeness (QED) is 0.781. The van der Waals surface area contributed by atoms with Gasteiger partial charge < -0.3 is 15.0 Å². The van der Waals surface area contributed by atoms with Crippen molar-refractivity contribution in [1.82, 2.24) is 10.2 Å². The highest BCUT2D eigenvalue weighted by molar-refractivity contribution is 5.96. The van der Waals surface area contributed by atoms with E-state index in [-0.39, 0.29) is 29.5 Å². The maximum Gasteiger partial charge on any atom is 0.245 e. The minimum Gasteiger partial charge on any atom is -0.379 e. The van der Waals surface area contributed by atoms with E-state index in [0.29, 0.717) is 31.7 Å². The van der Waals surface area contributed by atoms with Crippen LogP contribution in [0.25, 0.3) is 0 Å². The van der Waals surface area contributed by atoms with E-state index in [4.69, 9.17) is 4.74 Å². The summed E-state index contributed by atoms with van der Waals surface area (Å²) in [5.41, 5.74) is -0.293. The summed E-state index contributed by atoms with van der Waals surface area (Å²) in [6, 6.07) is -0.737. The molecule has 1 N–H and O–H groups in total. The summed E-state index contributed by atoms with van der Waals surface area (Å²) >= 11 is 0. The fourth-order valence-corrected chi connectivity index (χ4v) is 2.54. The molecule has 1 aliphatic rings. The lowest BCUT2D eigenvalue weighted by molar-refractivity contribution is -0.151. The number of ether oxygens (including phenoxy) is 1. The lowest BCUT2D eigenvalue weighted by atomic mass is 9.95. The third-order valence-corrected chi connectivity index (χ3v) is 4.19. The van der Waals surface area contributed by atoms with Gasteiger partial charge in [-0.1, -0.05) is 20.8 Å². The molecule has 0 aromatic heterocycles. The van der Waals surface area contributed by atoms with Gasteiger partial charge in [0, 0.05) is 13.7 Å². The number of nitrogens with zero attached hydrogens (tertiary/aromatic N) is 1. The monoisotopic (exact) mass is 298 g/mol. The Kier molecular flexibility index (Phi) is 6.20. The van der Waals surface area contributed by atoms with Crippen LogP contribution >= 0.6 is 0 Å². The van der Waals surface area contributed by atoms with Crippen molar-refractivity contribution in [3.63, 3.8) is 0 Å². The van der Waals surface area contributed by atoms with Crippen LogP contribution in [0.3, 0.4) is 0 Å². The molecule has 0 bridgehead atoms. The van der Waals surface area contributed by atoms with Crippen LogP contribution in [0.15, 0.2) is 0 Å². The van der Waals surface area contributed by atoms with Crippen molar-refractivity contribution >= 4 is 11.8 Å². The Hall–Kier alpha value is -1.10. The Morgan fingerprint density at radius 3 is 2.43 bits per heavy atom. The number of hydrogen-bond acceptors (Lipinski definition) is 3. The number of rotatable bonds is 7. The van der Waals surface area contributed by atoms with E-state index in [1.54, 1.807) is 12.0 Å². The summed E-state index contributed by atoms with van der Waals surface area (Å²) in [5, 5.41) is 2.85. The van der Waals surface area contributed by atoms with E-state index in [0.717, 1.165) is 0 Å². The van der Waals surface area contributed by atoms with Crippen molar-refractivity contribution in [1.29, 1.82) is 0 Å². The molecule has 21 heavy (non-hydrogen) atoms. The fraction of sp³-hybridized carbons (Fsp3) is 0.875. The van der Waals surface area contributed by atoms with Crippen molar-refractivity contribution in [3.8, 4) is 0 Å². The normalized spacial score (nSPS) is 23.7. The van der Waals surface area contributed by atoms with Gasteiger partial charge in [0.15, 0.2) is 0 Å². The highest BCUT2D eigenvalue weighted by Crippen LogP contribution is 2.22. The number of amides is 2. The molecular weight excluding hydrogens is 268 g/mol. The Labute approximate surface area is 128 Å². The molecule has 2 amide bonds. The molecule has 0 radical (unpaired) electrons. The van der Waals surface area contributed by atoms with E-state index in [2.05, 4.69) is 19.2 Å². The second kappa shape index (κ2) is 7.25. The van der Waals surface area contributed by atoms with Gasteiger partial charge in [-0.05, 0) is 39.0 Å². The number of nitrogens with one attached hydrogen (secondary N) is 1. The van der Waals surface area contributed by atoms with Crippen molar-refractivity contribution in [3.05, 3.63) is 0 Å². The molecule has 1 fully saturated rings. The zero-order chi connectivity index (χ0) is 16.2. The molecule has 5 heteroatoms. The number of piperazine rings is 1. The predicted molar refractivity (Wildman–Crippen MR) is 82.9 cm³/mol. The molecule has 0 aromatic rings. The molecule has 0 aromatic carbocycles. The smallest absolute Gasteiger partial charge is 0.245 e. The van der Waals surface area contributed by atoms with Crippen molar-refractivity contribution in [2.75, 3.05) is 13.7 Å². The number of hydrogen-bond donors (Lipinski definition) is 1. The minimum atomic E-state index is -0.383. The topological polar surface area (TPSA) is 58.6 Å². The van der Waals surface area contributed by atoms with Crippen molar-refractivity contribution in [2.45, 2.75) is 71.6 Å². The van der Waals surface area contributed by atoms with Crippen LogP contribution in [-0.4, -0.2) is 48.1 Å². The van der Waals surface area contributed by atoms with E-state index < -0.39 is 0 Å². The van der Waals surface area contributed by atoms with Crippen LogP contribution in [0.5, 0.6) is 0 Å². The average molecular weight is 298 g/mol. The lowest BCUT2D eigenvalue weighted by Crippen LogP contribution is -2.63. The SMILES string of the molecule is CCC1NC(=O)C(CC(C)C)N(CCC(C)(C)OC)C1=O. The Morgan fingerprint density at radius 2 is 1.95 bits per heavy atom.